The van der Waals surface area contributed by atoms with E-state index in [2.05, 4.69) is 5.32 Å². The molecular formula is C9H11FN2O2. The molecule has 0 bridgehead atoms. The van der Waals surface area contributed by atoms with E-state index in [0.717, 1.165) is 0 Å². The molecule has 1 aromatic carbocycles. The van der Waals surface area contributed by atoms with Crippen molar-refractivity contribution in [2.75, 3.05) is 11.9 Å². The Labute approximate surface area is 80.9 Å². The van der Waals surface area contributed by atoms with Crippen LogP contribution in [0.2, 0.25) is 0 Å². The highest BCUT2D eigenvalue weighted by Gasteiger charge is 2.11. The van der Waals surface area contributed by atoms with Crippen LogP contribution in [-0.2, 0) is 0 Å². The average molecular weight is 198 g/mol. The first-order valence-electron chi connectivity index (χ1n) is 4.22. The Bertz CT molecular complexity index is 330. The van der Waals surface area contributed by atoms with E-state index < -0.39 is 6.04 Å². The van der Waals surface area contributed by atoms with Gasteiger partial charge in [0.05, 0.1) is 6.54 Å². The standard InChI is InChI=1S/C9H11FN2O2/c1-7(12(13)14)6-11-9-4-2-3-8(10)5-9/h2-5,7,11H,6H2,1H3. The van der Waals surface area contributed by atoms with E-state index in [0.29, 0.717) is 5.69 Å². The summed E-state index contributed by atoms with van der Waals surface area (Å²) in [5.41, 5.74) is 0.554. The second-order valence-electron chi connectivity index (χ2n) is 3.03. The van der Waals surface area contributed by atoms with Crippen LogP contribution in [0.25, 0.3) is 0 Å². The summed E-state index contributed by atoms with van der Waals surface area (Å²) in [7, 11) is 0. The quantitative estimate of drug-likeness (QED) is 0.593. The zero-order chi connectivity index (χ0) is 10.6. The van der Waals surface area contributed by atoms with E-state index in [4.69, 9.17) is 0 Å². The van der Waals surface area contributed by atoms with E-state index >= 15 is 0 Å². The minimum absolute atomic E-state index is 0.191. The van der Waals surface area contributed by atoms with Crippen molar-refractivity contribution in [1.29, 1.82) is 0 Å². The third-order valence-corrected chi connectivity index (χ3v) is 1.79. The normalized spacial score (nSPS) is 12.1. The Morgan fingerprint density at radius 1 is 1.64 bits per heavy atom. The summed E-state index contributed by atoms with van der Waals surface area (Å²) in [5.74, 6) is -0.358. The third kappa shape index (κ3) is 3.01. The van der Waals surface area contributed by atoms with Crippen molar-refractivity contribution in [1.82, 2.24) is 0 Å². The number of anilines is 1. The van der Waals surface area contributed by atoms with Crippen LogP contribution in [0, 0.1) is 15.9 Å². The molecule has 0 aliphatic heterocycles. The summed E-state index contributed by atoms with van der Waals surface area (Å²) in [6.45, 7) is 1.68. The van der Waals surface area contributed by atoms with Gasteiger partial charge in [-0.25, -0.2) is 4.39 Å². The molecule has 5 heteroatoms. The van der Waals surface area contributed by atoms with Crippen molar-refractivity contribution < 1.29 is 9.31 Å². The highest BCUT2D eigenvalue weighted by molar-refractivity contribution is 5.42. The number of hydrogen-bond acceptors (Lipinski definition) is 3. The van der Waals surface area contributed by atoms with Crippen molar-refractivity contribution in [2.45, 2.75) is 13.0 Å². The Balaban J connectivity index is 2.49. The molecule has 0 heterocycles. The van der Waals surface area contributed by atoms with Crippen molar-refractivity contribution in [3.05, 3.63) is 40.2 Å². The second kappa shape index (κ2) is 4.55. The molecule has 1 N–H and O–H groups in total. The maximum atomic E-state index is 12.7. The molecule has 0 saturated carbocycles. The molecule has 1 atom stereocenters. The van der Waals surface area contributed by atoms with Crippen LogP contribution >= 0.6 is 0 Å². The van der Waals surface area contributed by atoms with E-state index in [1.54, 1.807) is 12.1 Å². The number of benzene rings is 1. The van der Waals surface area contributed by atoms with Crippen molar-refractivity contribution in [3.8, 4) is 0 Å². The molecule has 76 valence electrons. The zero-order valence-corrected chi connectivity index (χ0v) is 7.74. The number of rotatable bonds is 4. The molecule has 0 radical (unpaired) electrons. The largest absolute Gasteiger partial charge is 0.378 e. The Hall–Kier alpha value is -1.65. The first kappa shape index (κ1) is 10.4. The van der Waals surface area contributed by atoms with Gasteiger partial charge < -0.3 is 5.32 Å². The molecule has 0 amide bonds. The predicted octanol–water partition coefficient (Wildman–Crippen LogP) is 1.90. The van der Waals surface area contributed by atoms with Crippen LogP contribution in [0.5, 0.6) is 0 Å². The first-order valence-corrected chi connectivity index (χ1v) is 4.22. The molecular weight excluding hydrogens is 187 g/mol. The SMILES string of the molecule is CC(CNc1cccc(F)c1)[N+](=O)[O-]. The number of nitrogens with one attached hydrogen (secondary N) is 1. The monoisotopic (exact) mass is 198 g/mol. The van der Waals surface area contributed by atoms with Crippen LogP contribution in [-0.4, -0.2) is 17.5 Å². The molecule has 0 aliphatic carbocycles. The van der Waals surface area contributed by atoms with E-state index in [9.17, 15) is 14.5 Å². The maximum absolute atomic E-state index is 12.7. The van der Waals surface area contributed by atoms with Gasteiger partial charge >= 0.3 is 0 Å². The molecule has 0 fully saturated rings. The predicted molar refractivity (Wildman–Crippen MR) is 51.3 cm³/mol. The molecule has 1 aromatic rings. The smallest absolute Gasteiger partial charge is 0.227 e. The molecule has 0 saturated heterocycles. The summed E-state index contributed by atoms with van der Waals surface area (Å²) in [6, 6.07) is 5.15. The zero-order valence-electron chi connectivity index (χ0n) is 7.74. The van der Waals surface area contributed by atoms with Gasteiger partial charge in [-0.1, -0.05) is 6.07 Å². The molecule has 1 rings (SSSR count). The lowest BCUT2D eigenvalue weighted by molar-refractivity contribution is -0.514. The lowest BCUT2D eigenvalue weighted by Crippen LogP contribution is -2.24. The summed E-state index contributed by atoms with van der Waals surface area (Å²) >= 11 is 0. The lowest BCUT2D eigenvalue weighted by Gasteiger charge is -2.07. The van der Waals surface area contributed by atoms with Gasteiger partial charge in [-0.15, -0.1) is 0 Å². The fourth-order valence-corrected chi connectivity index (χ4v) is 0.939. The number of nitrogens with zero attached hydrogens (tertiary/aromatic N) is 1. The molecule has 0 aliphatic rings. The third-order valence-electron chi connectivity index (χ3n) is 1.79. The molecule has 1 unspecified atom stereocenters. The van der Waals surface area contributed by atoms with Gasteiger partial charge in [0, 0.05) is 17.5 Å². The molecule has 0 aromatic heterocycles. The van der Waals surface area contributed by atoms with Crippen LogP contribution in [0.4, 0.5) is 10.1 Å². The van der Waals surface area contributed by atoms with E-state index in [-0.39, 0.29) is 17.3 Å². The van der Waals surface area contributed by atoms with Crippen LogP contribution in [0.1, 0.15) is 6.92 Å². The van der Waals surface area contributed by atoms with E-state index in [1.807, 2.05) is 0 Å². The van der Waals surface area contributed by atoms with Crippen LogP contribution < -0.4 is 5.32 Å². The molecule has 4 nitrogen and oxygen atoms in total. The number of nitro groups is 1. The Kier molecular flexibility index (Phi) is 3.39. The Morgan fingerprint density at radius 2 is 2.36 bits per heavy atom. The maximum Gasteiger partial charge on any atom is 0.227 e. The summed E-state index contributed by atoms with van der Waals surface area (Å²) in [4.78, 5) is 9.90. The highest BCUT2D eigenvalue weighted by atomic mass is 19.1. The minimum Gasteiger partial charge on any atom is -0.378 e. The van der Waals surface area contributed by atoms with Crippen LogP contribution in [0.3, 0.4) is 0 Å². The van der Waals surface area contributed by atoms with Gasteiger partial charge in [0.25, 0.3) is 0 Å². The fraction of sp³-hybridized carbons (Fsp3) is 0.333. The van der Waals surface area contributed by atoms with Crippen molar-refractivity contribution >= 4 is 5.69 Å². The van der Waals surface area contributed by atoms with Gasteiger partial charge in [-0.2, -0.15) is 0 Å². The summed E-state index contributed by atoms with van der Waals surface area (Å²) in [5, 5.41) is 13.1. The molecule has 14 heavy (non-hydrogen) atoms. The van der Waals surface area contributed by atoms with Gasteiger partial charge in [-0.3, -0.25) is 10.1 Å². The van der Waals surface area contributed by atoms with Gasteiger partial charge in [0.1, 0.15) is 5.82 Å². The Morgan fingerprint density at radius 3 is 2.93 bits per heavy atom. The first-order chi connectivity index (χ1) is 6.59. The number of hydrogen-bond donors (Lipinski definition) is 1. The van der Waals surface area contributed by atoms with Gasteiger partial charge in [0.2, 0.25) is 6.04 Å². The number of halogens is 1. The summed E-state index contributed by atoms with van der Waals surface area (Å²) < 4.78 is 12.7. The average Bonchev–Trinajstić information content (AvgIpc) is 2.14. The topological polar surface area (TPSA) is 55.2 Å². The molecule has 0 spiro atoms. The highest BCUT2D eigenvalue weighted by Crippen LogP contribution is 2.08. The van der Waals surface area contributed by atoms with Gasteiger partial charge in [-0.05, 0) is 18.2 Å². The van der Waals surface area contributed by atoms with Gasteiger partial charge in [0.15, 0.2) is 0 Å². The van der Waals surface area contributed by atoms with Crippen molar-refractivity contribution in [3.63, 3.8) is 0 Å². The lowest BCUT2D eigenvalue weighted by atomic mass is 10.3. The minimum atomic E-state index is -0.682. The van der Waals surface area contributed by atoms with E-state index in [1.165, 1.54) is 19.1 Å². The fourth-order valence-electron chi connectivity index (χ4n) is 0.939. The second-order valence-corrected chi connectivity index (χ2v) is 3.03. The van der Waals surface area contributed by atoms with Crippen molar-refractivity contribution in [2.24, 2.45) is 0 Å². The summed E-state index contributed by atoms with van der Waals surface area (Å²) in [6.07, 6.45) is 0. The van der Waals surface area contributed by atoms with Crippen LogP contribution in [0.15, 0.2) is 24.3 Å².